The van der Waals surface area contributed by atoms with Crippen molar-refractivity contribution in [2.45, 2.75) is 33.2 Å². The number of anilines is 1. The Morgan fingerprint density at radius 2 is 1.85 bits per heavy atom. The highest BCUT2D eigenvalue weighted by atomic mass is 19.1. The summed E-state index contributed by atoms with van der Waals surface area (Å²) in [5, 5.41) is 13.2. The maximum atomic E-state index is 13.6. The van der Waals surface area contributed by atoms with Crippen LogP contribution in [0.1, 0.15) is 31.1 Å². The van der Waals surface area contributed by atoms with Crippen LogP contribution in [-0.4, -0.2) is 19.3 Å². The molecule has 0 saturated carbocycles. The van der Waals surface area contributed by atoms with Gasteiger partial charge in [-0.3, -0.25) is 4.57 Å². The second kappa shape index (κ2) is 5.19. The van der Waals surface area contributed by atoms with Crippen LogP contribution in [0.3, 0.4) is 0 Å². The average molecular weight is 361 g/mol. The number of nitrogens with one attached hydrogen (secondary N) is 1. The molecule has 0 spiro atoms. The lowest BCUT2D eigenvalue weighted by Crippen LogP contribution is -2.36. The Bertz CT molecular complexity index is 1220. The molecular weight excluding hydrogens is 341 g/mol. The Morgan fingerprint density at radius 1 is 1.04 bits per heavy atom. The zero-order valence-electron chi connectivity index (χ0n) is 15.7. The van der Waals surface area contributed by atoms with E-state index in [1.165, 1.54) is 6.07 Å². The predicted molar refractivity (Wildman–Crippen MR) is 104 cm³/mol. The van der Waals surface area contributed by atoms with Crippen molar-refractivity contribution in [3.05, 3.63) is 65.6 Å². The summed E-state index contributed by atoms with van der Waals surface area (Å²) in [7, 11) is 0. The van der Waals surface area contributed by atoms with Crippen molar-refractivity contribution in [3.8, 4) is 11.4 Å². The normalized spacial score (nSPS) is 14.7. The Kier molecular flexibility index (Phi) is 3.09. The molecule has 27 heavy (non-hydrogen) atoms. The SMILES string of the molecule is Cc1c(-n2ccc3cc(F)ccc32)ccc2c1-n1c(C)nnc1C(C)(C)N2. The van der Waals surface area contributed by atoms with Crippen LogP contribution in [0.2, 0.25) is 0 Å². The van der Waals surface area contributed by atoms with Crippen LogP contribution in [0.15, 0.2) is 42.6 Å². The summed E-state index contributed by atoms with van der Waals surface area (Å²) >= 11 is 0. The quantitative estimate of drug-likeness (QED) is 0.538. The molecule has 4 aromatic rings. The first-order valence-electron chi connectivity index (χ1n) is 8.98. The van der Waals surface area contributed by atoms with Gasteiger partial charge in [-0.25, -0.2) is 4.39 Å². The second-order valence-corrected chi connectivity index (χ2v) is 7.65. The molecule has 2 aromatic heterocycles. The van der Waals surface area contributed by atoms with Gasteiger partial charge in [0, 0.05) is 11.6 Å². The van der Waals surface area contributed by atoms with Gasteiger partial charge in [0.1, 0.15) is 11.6 Å². The molecule has 5 nitrogen and oxygen atoms in total. The fourth-order valence-corrected chi connectivity index (χ4v) is 4.09. The topological polar surface area (TPSA) is 47.7 Å². The molecule has 0 amide bonds. The monoisotopic (exact) mass is 361 g/mol. The summed E-state index contributed by atoms with van der Waals surface area (Å²) in [6.07, 6.45) is 1.99. The zero-order valence-corrected chi connectivity index (χ0v) is 15.7. The summed E-state index contributed by atoms with van der Waals surface area (Å²) in [5.74, 6) is 1.53. The van der Waals surface area contributed by atoms with Crippen molar-refractivity contribution in [2.24, 2.45) is 0 Å². The second-order valence-electron chi connectivity index (χ2n) is 7.65. The lowest BCUT2D eigenvalue weighted by molar-refractivity contribution is 0.534. The van der Waals surface area contributed by atoms with E-state index < -0.39 is 0 Å². The van der Waals surface area contributed by atoms with Crippen molar-refractivity contribution in [1.29, 1.82) is 0 Å². The van der Waals surface area contributed by atoms with Gasteiger partial charge < -0.3 is 9.88 Å². The third-order valence-corrected chi connectivity index (χ3v) is 5.37. The van der Waals surface area contributed by atoms with Crippen LogP contribution in [0, 0.1) is 19.7 Å². The van der Waals surface area contributed by atoms with Crippen molar-refractivity contribution >= 4 is 16.6 Å². The van der Waals surface area contributed by atoms with Gasteiger partial charge in [-0.05, 0) is 69.7 Å². The molecule has 6 heteroatoms. The van der Waals surface area contributed by atoms with E-state index in [0.29, 0.717) is 0 Å². The fraction of sp³-hybridized carbons (Fsp3) is 0.238. The number of aryl methyl sites for hydroxylation is 1. The van der Waals surface area contributed by atoms with E-state index in [1.54, 1.807) is 6.07 Å². The van der Waals surface area contributed by atoms with Gasteiger partial charge in [-0.1, -0.05) is 0 Å². The van der Waals surface area contributed by atoms with Crippen LogP contribution in [0.25, 0.3) is 22.3 Å². The molecule has 2 aromatic carbocycles. The number of aromatic nitrogens is 4. The van der Waals surface area contributed by atoms with Crippen LogP contribution in [0.5, 0.6) is 0 Å². The Hall–Kier alpha value is -3.15. The molecule has 0 fully saturated rings. The zero-order chi connectivity index (χ0) is 18.9. The van der Waals surface area contributed by atoms with E-state index in [0.717, 1.165) is 45.2 Å². The van der Waals surface area contributed by atoms with Crippen LogP contribution in [-0.2, 0) is 5.54 Å². The van der Waals surface area contributed by atoms with Gasteiger partial charge in [0.2, 0.25) is 0 Å². The molecule has 0 aliphatic carbocycles. The number of fused-ring (bicyclic) bond motifs is 4. The summed E-state index contributed by atoms with van der Waals surface area (Å²) < 4.78 is 17.8. The molecule has 1 aliphatic rings. The van der Waals surface area contributed by atoms with Gasteiger partial charge in [0.05, 0.1) is 28.1 Å². The molecule has 0 saturated heterocycles. The summed E-state index contributed by atoms with van der Waals surface area (Å²) in [5.41, 5.74) is 4.95. The van der Waals surface area contributed by atoms with Crippen molar-refractivity contribution in [3.63, 3.8) is 0 Å². The minimum atomic E-state index is -0.306. The van der Waals surface area contributed by atoms with Gasteiger partial charge in [0.15, 0.2) is 5.82 Å². The molecule has 3 heterocycles. The number of rotatable bonds is 1. The molecule has 1 aliphatic heterocycles. The smallest absolute Gasteiger partial charge is 0.162 e. The molecule has 0 unspecified atom stereocenters. The van der Waals surface area contributed by atoms with E-state index >= 15 is 0 Å². The van der Waals surface area contributed by atoms with E-state index in [9.17, 15) is 4.39 Å². The fourth-order valence-electron chi connectivity index (χ4n) is 4.09. The Morgan fingerprint density at radius 3 is 2.67 bits per heavy atom. The maximum Gasteiger partial charge on any atom is 0.162 e. The van der Waals surface area contributed by atoms with E-state index in [-0.39, 0.29) is 11.4 Å². The minimum absolute atomic E-state index is 0.224. The third-order valence-electron chi connectivity index (χ3n) is 5.37. The first kappa shape index (κ1) is 16.1. The maximum absolute atomic E-state index is 13.6. The summed E-state index contributed by atoms with van der Waals surface area (Å²) in [4.78, 5) is 0. The van der Waals surface area contributed by atoms with Gasteiger partial charge >= 0.3 is 0 Å². The van der Waals surface area contributed by atoms with Crippen LogP contribution < -0.4 is 5.32 Å². The van der Waals surface area contributed by atoms with E-state index in [1.807, 2.05) is 25.3 Å². The third kappa shape index (κ3) is 2.16. The number of benzene rings is 2. The molecular formula is C21H20FN5. The molecule has 0 bridgehead atoms. The molecule has 5 rings (SSSR count). The van der Waals surface area contributed by atoms with Crippen molar-refractivity contribution in [2.75, 3.05) is 5.32 Å². The number of nitrogens with zero attached hydrogens (tertiary/aromatic N) is 4. The lowest BCUT2D eigenvalue weighted by Gasteiger charge is -2.35. The standard InChI is InChI=1S/C21H20FN5/c1-12-17(26-10-9-14-11-15(22)5-7-18(14)26)8-6-16-19(12)27-13(2)24-25-20(27)21(3,4)23-16/h5-11,23H,1-4H3. The van der Waals surface area contributed by atoms with Gasteiger partial charge in [-0.2, -0.15) is 0 Å². The highest BCUT2D eigenvalue weighted by molar-refractivity contribution is 5.83. The summed E-state index contributed by atoms with van der Waals surface area (Å²) in [6, 6.07) is 11.0. The van der Waals surface area contributed by atoms with Crippen molar-refractivity contribution < 1.29 is 4.39 Å². The first-order chi connectivity index (χ1) is 12.9. The number of hydrogen-bond acceptors (Lipinski definition) is 3. The molecule has 0 radical (unpaired) electrons. The van der Waals surface area contributed by atoms with Crippen LogP contribution >= 0.6 is 0 Å². The van der Waals surface area contributed by atoms with E-state index in [4.69, 9.17) is 0 Å². The number of hydrogen-bond donors (Lipinski definition) is 1. The highest BCUT2D eigenvalue weighted by Gasteiger charge is 2.35. The largest absolute Gasteiger partial charge is 0.371 e. The number of halogens is 1. The highest BCUT2D eigenvalue weighted by Crippen LogP contribution is 2.40. The molecule has 1 N–H and O–H groups in total. The average Bonchev–Trinajstić information content (AvgIpc) is 3.19. The Labute approximate surface area is 156 Å². The van der Waals surface area contributed by atoms with Crippen LogP contribution in [0.4, 0.5) is 10.1 Å². The first-order valence-corrected chi connectivity index (χ1v) is 8.98. The predicted octanol–water partition coefficient (Wildman–Crippen LogP) is 4.63. The van der Waals surface area contributed by atoms with E-state index in [2.05, 4.69) is 57.6 Å². The molecule has 136 valence electrons. The lowest BCUT2D eigenvalue weighted by atomic mass is 9.98. The van der Waals surface area contributed by atoms with Gasteiger partial charge in [0.25, 0.3) is 0 Å². The Balaban J connectivity index is 1.78. The molecule has 0 atom stereocenters. The summed E-state index contributed by atoms with van der Waals surface area (Å²) in [6.45, 7) is 8.29. The van der Waals surface area contributed by atoms with Gasteiger partial charge in [-0.15, -0.1) is 10.2 Å². The van der Waals surface area contributed by atoms with Crippen molar-refractivity contribution in [1.82, 2.24) is 19.3 Å². The minimum Gasteiger partial charge on any atom is -0.371 e.